The third-order valence-corrected chi connectivity index (χ3v) is 3.82. The van der Waals surface area contributed by atoms with Crippen LogP contribution in [0.1, 0.15) is 6.92 Å². The van der Waals surface area contributed by atoms with E-state index >= 15 is 0 Å². The van der Waals surface area contributed by atoms with E-state index in [1.54, 1.807) is 24.3 Å². The van der Waals surface area contributed by atoms with Gasteiger partial charge >= 0.3 is 6.03 Å². The third kappa shape index (κ3) is 3.56. The van der Waals surface area contributed by atoms with Gasteiger partial charge < -0.3 is 11.1 Å². The zero-order valence-electron chi connectivity index (χ0n) is 10.1. The summed E-state index contributed by atoms with van der Waals surface area (Å²) in [4.78, 5) is 23.0. The highest BCUT2D eigenvalue weighted by Crippen LogP contribution is 2.14. The summed E-state index contributed by atoms with van der Waals surface area (Å²) in [5, 5.41) is 3.49. The van der Waals surface area contributed by atoms with Crippen LogP contribution in [0, 0.1) is 0 Å². The molecule has 1 aromatic carbocycles. The summed E-state index contributed by atoms with van der Waals surface area (Å²) >= 11 is 0. The molecule has 0 aliphatic heterocycles. The van der Waals surface area contributed by atoms with Crippen molar-refractivity contribution >= 4 is 28.4 Å². The number of carbonyl (C=O) groups excluding carboxylic acids is 2. The second-order valence-corrected chi connectivity index (χ2v) is 5.35. The van der Waals surface area contributed by atoms with E-state index < -0.39 is 28.0 Å². The van der Waals surface area contributed by atoms with E-state index in [-0.39, 0.29) is 0 Å². The smallest absolute Gasteiger partial charge is 0.321 e. The molecule has 0 bridgehead atoms. The number of nitrogens with one attached hydrogen (secondary N) is 2. The molecule has 98 valence electrons. The zero-order chi connectivity index (χ0) is 13.7. The largest absolute Gasteiger partial charge is 0.399 e. The lowest BCUT2D eigenvalue weighted by atomic mass is 10.3. The number of rotatable bonds is 3. The monoisotopic (exact) mass is 269 g/mol. The first-order valence-electron chi connectivity index (χ1n) is 5.24. The van der Waals surface area contributed by atoms with Crippen molar-refractivity contribution in [3.63, 3.8) is 0 Å². The highest BCUT2D eigenvalue weighted by Gasteiger charge is 2.22. The normalized spacial score (nSPS) is 13.4. The van der Waals surface area contributed by atoms with E-state index in [2.05, 4.69) is 10.6 Å². The van der Waals surface area contributed by atoms with Crippen molar-refractivity contribution in [1.82, 2.24) is 10.6 Å². The summed E-state index contributed by atoms with van der Waals surface area (Å²) in [5.74, 6) is -0.602. The standard InChI is InChI=1S/C11H15N3O3S/c1-7(10(15)14-11(16)13-2)18(17)9-5-3-4-8(12)6-9/h3-7H,12H2,1-2H3,(H2,13,14,15,16). The van der Waals surface area contributed by atoms with Gasteiger partial charge in [-0.05, 0) is 25.1 Å². The van der Waals surface area contributed by atoms with Gasteiger partial charge in [-0.1, -0.05) is 6.07 Å². The Morgan fingerprint density at radius 2 is 2.06 bits per heavy atom. The Morgan fingerprint density at radius 1 is 1.39 bits per heavy atom. The van der Waals surface area contributed by atoms with Crippen molar-refractivity contribution in [2.24, 2.45) is 0 Å². The van der Waals surface area contributed by atoms with Crippen LogP contribution in [0.2, 0.25) is 0 Å². The van der Waals surface area contributed by atoms with Crippen LogP contribution in [0.15, 0.2) is 29.2 Å². The number of hydrogen-bond donors (Lipinski definition) is 3. The zero-order valence-corrected chi connectivity index (χ0v) is 10.9. The molecule has 18 heavy (non-hydrogen) atoms. The molecule has 6 nitrogen and oxygen atoms in total. The van der Waals surface area contributed by atoms with Crippen molar-refractivity contribution in [3.05, 3.63) is 24.3 Å². The van der Waals surface area contributed by atoms with Crippen LogP contribution in [-0.2, 0) is 15.6 Å². The first-order valence-corrected chi connectivity index (χ1v) is 6.45. The van der Waals surface area contributed by atoms with Crippen LogP contribution >= 0.6 is 0 Å². The lowest BCUT2D eigenvalue weighted by molar-refractivity contribution is -0.119. The van der Waals surface area contributed by atoms with Crippen LogP contribution in [-0.4, -0.2) is 28.4 Å². The third-order valence-electron chi connectivity index (χ3n) is 2.24. The Kier molecular flexibility index (Phi) is 4.85. The number of amides is 3. The van der Waals surface area contributed by atoms with E-state index in [9.17, 15) is 13.8 Å². The van der Waals surface area contributed by atoms with Gasteiger partial charge in [-0.3, -0.25) is 14.3 Å². The Bertz CT molecular complexity index is 490. The SMILES string of the molecule is CNC(=O)NC(=O)C(C)S(=O)c1cccc(N)c1. The quantitative estimate of drug-likeness (QED) is 0.683. The summed E-state index contributed by atoms with van der Waals surface area (Å²) < 4.78 is 12.1. The molecule has 0 saturated heterocycles. The summed E-state index contributed by atoms with van der Waals surface area (Å²) in [6, 6.07) is 5.86. The van der Waals surface area contributed by atoms with Crippen LogP contribution < -0.4 is 16.4 Å². The molecule has 1 rings (SSSR count). The molecule has 3 amide bonds. The molecule has 0 radical (unpaired) electrons. The molecule has 1 aromatic rings. The van der Waals surface area contributed by atoms with Gasteiger partial charge in [-0.15, -0.1) is 0 Å². The molecular weight excluding hydrogens is 254 g/mol. The van der Waals surface area contributed by atoms with Crippen molar-refractivity contribution in [2.75, 3.05) is 12.8 Å². The summed E-state index contributed by atoms with van der Waals surface area (Å²) in [7, 11) is -0.168. The lowest BCUT2D eigenvalue weighted by Crippen LogP contribution is -2.43. The number of carbonyl (C=O) groups is 2. The molecule has 0 heterocycles. The molecule has 7 heteroatoms. The number of hydrogen-bond acceptors (Lipinski definition) is 4. The van der Waals surface area contributed by atoms with E-state index in [0.717, 1.165) is 0 Å². The van der Waals surface area contributed by atoms with Gasteiger partial charge in [0.25, 0.3) is 0 Å². The molecule has 0 saturated carbocycles. The Balaban J connectivity index is 2.78. The lowest BCUT2D eigenvalue weighted by Gasteiger charge is -2.11. The Hall–Kier alpha value is -1.89. The summed E-state index contributed by atoms with van der Waals surface area (Å²) in [5.41, 5.74) is 6.05. The minimum absolute atomic E-state index is 0.453. The fourth-order valence-corrected chi connectivity index (χ4v) is 2.34. The van der Waals surface area contributed by atoms with Gasteiger partial charge in [0.1, 0.15) is 5.25 Å². The first kappa shape index (κ1) is 14.2. The maximum absolute atomic E-state index is 12.1. The highest BCUT2D eigenvalue weighted by atomic mass is 32.2. The molecule has 0 aromatic heterocycles. The van der Waals surface area contributed by atoms with Crippen LogP contribution in [0.4, 0.5) is 10.5 Å². The average Bonchev–Trinajstić information content (AvgIpc) is 2.36. The van der Waals surface area contributed by atoms with Gasteiger partial charge in [-0.25, -0.2) is 4.79 Å². The molecule has 2 atom stereocenters. The molecule has 0 aliphatic rings. The van der Waals surface area contributed by atoms with Crippen molar-refractivity contribution in [2.45, 2.75) is 17.1 Å². The maximum atomic E-state index is 12.1. The molecule has 2 unspecified atom stereocenters. The van der Waals surface area contributed by atoms with Crippen LogP contribution in [0.3, 0.4) is 0 Å². The van der Waals surface area contributed by atoms with Gasteiger partial charge in [0.05, 0.1) is 10.8 Å². The number of anilines is 1. The summed E-state index contributed by atoms with van der Waals surface area (Å²) in [6.07, 6.45) is 0. The van der Waals surface area contributed by atoms with E-state index in [1.807, 2.05) is 0 Å². The van der Waals surface area contributed by atoms with E-state index in [0.29, 0.717) is 10.6 Å². The second kappa shape index (κ2) is 6.15. The van der Waals surface area contributed by atoms with Crippen LogP contribution in [0.25, 0.3) is 0 Å². The van der Waals surface area contributed by atoms with Crippen molar-refractivity contribution < 1.29 is 13.8 Å². The van der Waals surface area contributed by atoms with Crippen molar-refractivity contribution in [3.8, 4) is 0 Å². The second-order valence-electron chi connectivity index (χ2n) is 3.58. The number of nitrogen functional groups attached to an aromatic ring is 1. The minimum Gasteiger partial charge on any atom is -0.399 e. The Labute approximate surface area is 107 Å². The molecule has 0 fully saturated rings. The average molecular weight is 269 g/mol. The maximum Gasteiger partial charge on any atom is 0.321 e. The number of imide groups is 1. The van der Waals surface area contributed by atoms with E-state index in [4.69, 9.17) is 5.73 Å². The fraction of sp³-hybridized carbons (Fsp3) is 0.273. The van der Waals surface area contributed by atoms with E-state index in [1.165, 1.54) is 14.0 Å². The van der Waals surface area contributed by atoms with Gasteiger partial charge in [-0.2, -0.15) is 0 Å². The van der Waals surface area contributed by atoms with Gasteiger partial charge in [0.15, 0.2) is 0 Å². The van der Waals surface area contributed by atoms with Crippen LogP contribution in [0.5, 0.6) is 0 Å². The Morgan fingerprint density at radius 3 is 2.61 bits per heavy atom. The number of benzene rings is 1. The highest BCUT2D eigenvalue weighted by molar-refractivity contribution is 7.86. The van der Waals surface area contributed by atoms with Gasteiger partial charge in [0, 0.05) is 17.6 Å². The minimum atomic E-state index is -1.56. The van der Waals surface area contributed by atoms with Crippen molar-refractivity contribution in [1.29, 1.82) is 0 Å². The molecule has 0 aliphatic carbocycles. The predicted molar refractivity (Wildman–Crippen MR) is 69.3 cm³/mol. The predicted octanol–water partition coefficient (Wildman–Crippen LogP) is 0.220. The molecular formula is C11H15N3O3S. The topological polar surface area (TPSA) is 101 Å². The molecule has 0 spiro atoms. The fourth-order valence-electron chi connectivity index (χ4n) is 1.22. The summed E-state index contributed by atoms with van der Waals surface area (Å²) in [6.45, 7) is 1.48. The molecule has 4 N–H and O–H groups in total. The first-order chi connectivity index (χ1) is 8.45. The number of nitrogens with two attached hydrogens (primary N) is 1. The number of urea groups is 1. The van der Waals surface area contributed by atoms with Gasteiger partial charge in [0.2, 0.25) is 5.91 Å².